The molecule has 30 heavy (non-hydrogen) atoms. The van der Waals surface area contributed by atoms with Crippen molar-refractivity contribution in [3.8, 4) is 0 Å². The van der Waals surface area contributed by atoms with Crippen LogP contribution in [0.4, 0.5) is 10.6 Å². The number of rotatable bonds is 4. The largest absolute Gasteiger partial charge is 0.444 e. The van der Waals surface area contributed by atoms with Crippen LogP contribution in [0.5, 0.6) is 0 Å². The van der Waals surface area contributed by atoms with Gasteiger partial charge < -0.3 is 14.5 Å². The number of nitrogens with zero attached hydrogens (tertiary/aromatic N) is 7. The number of fused-ring (bicyclic) bond motifs is 1. The van der Waals surface area contributed by atoms with Crippen LogP contribution in [-0.2, 0) is 17.7 Å². The van der Waals surface area contributed by atoms with Gasteiger partial charge in [-0.1, -0.05) is 6.92 Å². The average Bonchev–Trinajstić information content (AvgIpc) is 3.34. The Morgan fingerprint density at radius 3 is 2.63 bits per heavy atom. The first kappa shape index (κ1) is 20.5. The van der Waals surface area contributed by atoms with Gasteiger partial charge in [0.05, 0.1) is 28.8 Å². The predicted molar refractivity (Wildman–Crippen MR) is 116 cm³/mol. The Hall–Kier alpha value is -2.75. The molecule has 9 nitrogen and oxygen atoms in total. The van der Waals surface area contributed by atoms with E-state index < -0.39 is 5.60 Å². The van der Waals surface area contributed by atoms with Crippen LogP contribution in [-0.4, -0.2) is 67.5 Å². The highest BCUT2D eigenvalue weighted by atomic mass is 32.1. The summed E-state index contributed by atoms with van der Waals surface area (Å²) in [5, 5.41) is 8.64. The van der Waals surface area contributed by atoms with Crippen molar-refractivity contribution in [1.29, 1.82) is 0 Å². The number of hydrogen-bond acceptors (Lipinski definition) is 8. The summed E-state index contributed by atoms with van der Waals surface area (Å²) in [5.74, 6) is 0.850. The van der Waals surface area contributed by atoms with Gasteiger partial charge in [-0.2, -0.15) is 5.10 Å². The summed E-state index contributed by atoms with van der Waals surface area (Å²) in [4.78, 5) is 29.8. The Balaban J connectivity index is 1.48. The second-order valence-corrected chi connectivity index (χ2v) is 9.22. The first-order valence-electron chi connectivity index (χ1n) is 10.2. The Morgan fingerprint density at radius 1 is 1.20 bits per heavy atom. The van der Waals surface area contributed by atoms with Gasteiger partial charge in [0.2, 0.25) is 0 Å². The summed E-state index contributed by atoms with van der Waals surface area (Å²) in [5.41, 5.74) is 1.30. The summed E-state index contributed by atoms with van der Waals surface area (Å²) in [6, 6.07) is 0. The number of aryl methyl sites for hydroxylation is 1. The molecular weight excluding hydrogens is 402 g/mol. The Bertz CT molecular complexity index is 1030. The van der Waals surface area contributed by atoms with E-state index in [-0.39, 0.29) is 6.09 Å². The smallest absolute Gasteiger partial charge is 0.410 e. The molecule has 3 aromatic heterocycles. The van der Waals surface area contributed by atoms with Crippen molar-refractivity contribution in [3.05, 3.63) is 28.6 Å². The summed E-state index contributed by atoms with van der Waals surface area (Å²) in [6.07, 6.45) is 4.07. The molecule has 160 valence electrons. The molecule has 0 aromatic carbocycles. The molecule has 0 N–H and O–H groups in total. The minimum atomic E-state index is -0.489. The molecule has 1 saturated heterocycles. The van der Waals surface area contributed by atoms with E-state index in [4.69, 9.17) is 4.74 Å². The number of hydrogen-bond donors (Lipinski definition) is 0. The van der Waals surface area contributed by atoms with E-state index in [1.807, 2.05) is 31.6 Å². The Morgan fingerprint density at radius 2 is 1.97 bits per heavy atom. The van der Waals surface area contributed by atoms with Crippen LogP contribution >= 0.6 is 11.3 Å². The van der Waals surface area contributed by atoms with Gasteiger partial charge >= 0.3 is 6.09 Å². The zero-order chi connectivity index (χ0) is 21.3. The molecule has 0 spiro atoms. The summed E-state index contributed by atoms with van der Waals surface area (Å²) in [7, 11) is 0. The Kier molecular flexibility index (Phi) is 5.59. The van der Waals surface area contributed by atoms with E-state index in [0.717, 1.165) is 34.0 Å². The lowest BCUT2D eigenvalue weighted by Gasteiger charge is -2.36. The van der Waals surface area contributed by atoms with Crippen LogP contribution < -0.4 is 4.90 Å². The number of carbonyl (C=O) groups is 1. The monoisotopic (exact) mass is 429 g/mol. The number of carbonyl (C=O) groups excluding carboxylic acids is 1. The number of piperazine rings is 1. The SMILES string of the molecule is CCc1nc(Cn2ncc3c(N4CCN(C(=O)OC(C)(C)C)CC4)ncnc32)cs1. The van der Waals surface area contributed by atoms with Crippen molar-refractivity contribution in [3.63, 3.8) is 0 Å². The van der Waals surface area contributed by atoms with E-state index in [2.05, 4.69) is 37.3 Å². The highest BCUT2D eigenvalue weighted by molar-refractivity contribution is 7.09. The number of ether oxygens (including phenoxy) is 1. The van der Waals surface area contributed by atoms with Gasteiger partial charge in [0.15, 0.2) is 5.65 Å². The van der Waals surface area contributed by atoms with Crippen molar-refractivity contribution in [2.24, 2.45) is 0 Å². The molecule has 0 radical (unpaired) electrons. The molecule has 1 aliphatic rings. The maximum Gasteiger partial charge on any atom is 0.410 e. The molecule has 1 amide bonds. The van der Waals surface area contributed by atoms with Crippen molar-refractivity contribution in [2.75, 3.05) is 31.1 Å². The van der Waals surface area contributed by atoms with E-state index in [9.17, 15) is 4.79 Å². The first-order valence-corrected chi connectivity index (χ1v) is 11.0. The van der Waals surface area contributed by atoms with Gasteiger partial charge in [0.25, 0.3) is 0 Å². The van der Waals surface area contributed by atoms with Gasteiger partial charge in [-0.3, -0.25) is 0 Å². The predicted octanol–water partition coefficient (Wildman–Crippen LogP) is 2.95. The minimum Gasteiger partial charge on any atom is -0.444 e. The molecule has 0 atom stereocenters. The second kappa shape index (κ2) is 8.17. The molecule has 1 fully saturated rings. The zero-order valence-electron chi connectivity index (χ0n) is 17.8. The van der Waals surface area contributed by atoms with Gasteiger partial charge in [-0.15, -0.1) is 11.3 Å². The van der Waals surface area contributed by atoms with E-state index in [1.54, 1.807) is 22.6 Å². The third-order valence-corrected chi connectivity index (χ3v) is 5.90. The molecular formula is C20H27N7O2S. The highest BCUT2D eigenvalue weighted by Gasteiger charge is 2.27. The van der Waals surface area contributed by atoms with Gasteiger partial charge in [0.1, 0.15) is 17.7 Å². The lowest BCUT2D eigenvalue weighted by Crippen LogP contribution is -2.50. The first-order chi connectivity index (χ1) is 14.3. The summed E-state index contributed by atoms with van der Waals surface area (Å²) >= 11 is 1.67. The fraction of sp³-hybridized carbons (Fsp3) is 0.550. The maximum absolute atomic E-state index is 12.3. The minimum absolute atomic E-state index is 0.266. The third kappa shape index (κ3) is 4.38. The van der Waals surface area contributed by atoms with Crippen LogP contribution in [0.3, 0.4) is 0 Å². The van der Waals surface area contributed by atoms with Crippen LogP contribution in [0.15, 0.2) is 17.9 Å². The second-order valence-electron chi connectivity index (χ2n) is 8.28. The molecule has 0 saturated carbocycles. The van der Waals surface area contributed by atoms with E-state index in [1.165, 1.54) is 0 Å². The number of aromatic nitrogens is 5. The number of anilines is 1. The molecule has 0 aliphatic carbocycles. The van der Waals surface area contributed by atoms with Crippen molar-refractivity contribution >= 4 is 34.3 Å². The average molecular weight is 430 g/mol. The van der Waals surface area contributed by atoms with Crippen molar-refractivity contribution in [2.45, 2.75) is 46.3 Å². The molecule has 0 unspecified atom stereocenters. The normalized spacial score (nSPS) is 15.1. The molecule has 1 aliphatic heterocycles. The third-order valence-electron chi connectivity index (χ3n) is 4.86. The van der Waals surface area contributed by atoms with Crippen molar-refractivity contribution < 1.29 is 9.53 Å². The molecule has 4 heterocycles. The van der Waals surface area contributed by atoms with Crippen LogP contribution in [0.25, 0.3) is 11.0 Å². The molecule has 3 aromatic rings. The van der Waals surface area contributed by atoms with Gasteiger partial charge in [-0.25, -0.2) is 24.4 Å². The zero-order valence-corrected chi connectivity index (χ0v) is 18.6. The van der Waals surface area contributed by atoms with E-state index in [0.29, 0.717) is 32.7 Å². The van der Waals surface area contributed by atoms with Crippen molar-refractivity contribution in [1.82, 2.24) is 29.6 Å². The molecule has 10 heteroatoms. The Labute approximate surface area is 179 Å². The summed E-state index contributed by atoms with van der Waals surface area (Å²) in [6.45, 7) is 10.9. The standard InChI is InChI=1S/C20H27N7O2S/c1-5-16-24-14(12-30-16)11-27-18-15(10-23-27)17(21-13-22-18)25-6-8-26(9-7-25)19(28)29-20(2,3)4/h10,12-13H,5-9,11H2,1-4H3. The topological polar surface area (TPSA) is 89.3 Å². The number of thiazole rings is 1. The van der Waals surface area contributed by atoms with E-state index >= 15 is 0 Å². The maximum atomic E-state index is 12.3. The highest BCUT2D eigenvalue weighted by Crippen LogP contribution is 2.25. The fourth-order valence-corrected chi connectivity index (χ4v) is 4.15. The lowest BCUT2D eigenvalue weighted by atomic mass is 10.2. The molecule has 4 rings (SSSR count). The number of amides is 1. The van der Waals surface area contributed by atoms with Crippen LogP contribution in [0.2, 0.25) is 0 Å². The van der Waals surface area contributed by atoms with Gasteiger partial charge in [-0.05, 0) is 27.2 Å². The van der Waals surface area contributed by atoms with Crippen LogP contribution in [0.1, 0.15) is 38.4 Å². The van der Waals surface area contributed by atoms with Gasteiger partial charge in [0, 0.05) is 31.6 Å². The fourth-order valence-electron chi connectivity index (χ4n) is 3.41. The lowest BCUT2D eigenvalue weighted by molar-refractivity contribution is 0.0240. The molecule has 0 bridgehead atoms. The van der Waals surface area contributed by atoms with Crippen LogP contribution in [0, 0.1) is 0 Å². The summed E-state index contributed by atoms with van der Waals surface area (Å²) < 4.78 is 7.35. The quantitative estimate of drug-likeness (QED) is 0.630.